The second-order valence-corrected chi connectivity index (χ2v) is 8.76. The molecule has 0 aliphatic heterocycles. The van der Waals surface area contributed by atoms with Crippen molar-refractivity contribution < 1.29 is 17.9 Å². The van der Waals surface area contributed by atoms with Crippen LogP contribution in [0.2, 0.25) is 10.0 Å². The van der Waals surface area contributed by atoms with Crippen molar-refractivity contribution in [3.63, 3.8) is 0 Å². The molecule has 7 nitrogen and oxygen atoms in total. The van der Waals surface area contributed by atoms with Crippen molar-refractivity contribution in [3.8, 4) is 5.75 Å². The van der Waals surface area contributed by atoms with Crippen molar-refractivity contribution >= 4 is 51.0 Å². The molecule has 0 saturated heterocycles. The second kappa shape index (κ2) is 9.96. The van der Waals surface area contributed by atoms with Gasteiger partial charge in [-0.2, -0.15) is 5.10 Å². The number of nitrogens with zero attached hydrogens (tertiary/aromatic N) is 2. The Bertz CT molecular complexity index is 995. The zero-order chi connectivity index (χ0) is 21.6. The largest absolute Gasteiger partial charge is 0.494 e. The number of nitrogens with one attached hydrogen (secondary N) is 1. The molecular formula is C19H21Cl2N3O4S. The summed E-state index contributed by atoms with van der Waals surface area (Å²) in [7, 11) is -3.73. The summed E-state index contributed by atoms with van der Waals surface area (Å²) in [5.74, 6) is -0.00288. The van der Waals surface area contributed by atoms with Crippen molar-refractivity contribution in [2.24, 2.45) is 5.10 Å². The molecule has 2 aromatic rings. The smallest absolute Gasteiger partial charge is 0.263 e. The standard InChI is InChI=1S/C19H21Cl2N3O4S/c1-4-28-17-9-7-16(8-10-17)24(29(3,26)27)13(2)19(25)23-22-12-14-5-6-15(20)11-18(14)21/h5-13H,4H2,1-3H3,(H,23,25)/b22-12-/t13-/m0/s1. The fourth-order valence-electron chi connectivity index (χ4n) is 2.53. The number of amides is 1. The molecule has 29 heavy (non-hydrogen) atoms. The van der Waals surface area contributed by atoms with Gasteiger partial charge in [-0.25, -0.2) is 13.8 Å². The van der Waals surface area contributed by atoms with Gasteiger partial charge in [-0.1, -0.05) is 29.3 Å². The maximum atomic E-state index is 12.5. The van der Waals surface area contributed by atoms with Gasteiger partial charge in [0.05, 0.1) is 29.8 Å². The second-order valence-electron chi connectivity index (χ2n) is 6.06. The zero-order valence-corrected chi connectivity index (χ0v) is 18.4. The third-order valence-electron chi connectivity index (χ3n) is 3.83. The molecule has 0 aliphatic carbocycles. The van der Waals surface area contributed by atoms with Crippen LogP contribution in [0, 0.1) is 0 Å². The summed E-state index contributed by atoms with van der Waals surface area (Å²) in [5, 5.41) is 4.70. The van der Waals surface area contributed by atoms with Gasteiger partial charge in [-0.15, -0.1) is 0 Å². The first-order valence-corrected chi connectivity index (χ1v) is 11.2. The van der Waals surface area contributed by atoms with Crippen molar-refractivity contribution in [3.05, 3.63) is 58.1 Å². The highest BCUT2D eigenvalue weighted by atomic mass is 35.5. The van der Waals surface area contributed by atoms with Crippen LogP contribution >= 0.6 is 23.2 Å². The van der Waals surface area contributed by atoms with Crippen LogP contribution in [0.15, 0.2) is 47.6 Å². The van der Waals surface area contributed by atoms with Gasteiger partial charge in [0.25, 0.3) is 5.91 Å². The first-order valence-electron chi connectivity index (χ1n) is 8.63. The lowest BCUT2D eigenvalue weighted by Crippen LogP contribution is -2.46. The zero-order valence-electron chi connectivity index (χ0n) is 16.1. The molecule has 1 N–H and O–H groups in total. The van der Waals surface area contributed by atoms with E-state index in [-0.39, 0.29) is 0 Å². The average molecular weight is 458 g/mol. The number of rotatable bonds is 8. The molecule has 1 atom stereocenters. The third kappa shape index (κ3) is 6.35. The van der Waals surface area contributed by atoms with Crippen molar-refractivity contribution in [1.29, 1.82) is 0 Å². The first-order chi connectivity index (χ1) is 13.6. The van der Waals surface area contributed by atoms with E-state index in [9.17, 15) is 13.2 Å². The van der Waals surface area contributed by atoms with Crippen molar-refractivity contribution in [1.82, 2.24) is 5.43 Å². The predicted octanol–water partition coefficient (Wildman–Crippen LogP) is 3.70. The van der Waals surface area contributed by atoms with Gasteiger partial charge in [-0.05, 0) is 50.2 Å². The minimum atomic E-state index is -3.73. The van der Waals surface area contributed by atoms with Crippen LogP contribution < -0.4 is 14.5 Å². The van der Waals surface area contributed by atoms with Gasteiger partial charge in [0.2, 0.25) is 10.0 Å². The Hall–Kier alpha value is -2.29. The molecule has 1 amide bonds. The summed E-state index contributed by atoms with van der Waals surface area (Å²) in [6.45, 7) is 3.81. The number of hydrogen-bond donors (Lipinski definition) is 1. The molecule has 0 bridgehead atoms. The lowest BCUT2D eigenvalue weighted by atomic mass is 10.2. The highest BCUT2D eigenvalue weighted by molar-refractivity contribution is 7.92. The normalized spacial score (nSPS) is 12.6. The monoisotopic (exact) mass is 457 g/mol. The van der Waals surface area contributed by atoms with E-state index in [2.05, 4.69) is 10.5 Å². The van der Waals surface area contributed by atoms with Crippen LogP contribution in [0.1, 0.15) is 19.4 Å². The van der Waals surface area contributed by atoms with Crippen LogP contribution in [-0.4, -0.2) is 39.4 Å². The molecule has 0 spiro atoms. The van der Waals surface area contributed by atoms with Crippen molar-refractivity contribution in [2.75, 3.05) is 17.2 Å². The Morgan fingerprint density at radius 1 is 1.24 bits per heavy atom. The summed E-state index contributed by atoms with van der Waals surface area (Å²) < 4.78 is 31.0. The topological polar surface area (TPSA) is 88.1 Å². The van der Waals surface area contributed by atoms with E-state index in [0.29, 0.717) is 33.7 Å². The molecule has 2 rings (SSSR count). The number of anilines is 1. The SMILES string of the molecule is CCOc1ccc(N([C@@H](C)C(=O)N/N=C\c2ccc(Cl)cc2Cl)S(C)(=O)=O)cc1. The molecule has 0 aliphatic rings. The van der Waals surface area contributed by atoms with Gasteiger partial charge >= 0.3 is 0 Å². The fourth-order valence-corrected chi connectivity index (χ4v) is 4.16. The van der Waals surface area contributed by atoms with Crippen molar-refractivity contribution in [2.45, 2.75) is 19.9 Å². The Balaban J connectivity index is 2.17. The quantitative estimate of drug-likeness (QED) is 0.483. The number of carbonyl (C=O) groups excluding carboxylic acids is 1. The maximum Gasteiger partial charge on any atom is 0.263 e. The minimum Gasteiger partial charge on any atom is -0.494 e. The predicted molar refractivity (Wildman–Crippen MR) is 117 cm³/mol. The Kier molecular flexibility index (Phi) is 7.89. The van der Waals surface area contributed by atoms with E-state index in [1.165, 1.54) is 13.1 Å². The molecule has 0 unspecified atom stereocenters. The third-order valence-corrected chi connectivity index (χ3v) is 5.64. The summed E-state index contributed by atoms with van der Waals surface area (Å²) >= 11 is 11.9. The van der Waals surface area contributed by atoms with E-state index < -0.39 is 22.0 Å². The molecule has 0 saturated carbocycles. The van der Waals surface area contributed by atoms with Gasteiger partial charge < -0.3 is 4.74 Å². The first kappa shape index (κ1) is 23.0. The van der Waals surface area contributed by atoms with Gasteiger partial charge in [0.1, 0.15) is 11.8 Å². The molecule has 10 heteroatoms. The molecule has 0 fully saturated rings. The van der Waals surface area contributed by atoms with Crippen LogP contribution in [0.25, 0.3) is 0 Å². The number of benzene rings is 2. The number of sulfonamides is 1. The number of hydrogen-bond acceptors (Lipinski definition) is 5. The Morgan fingerprint density at radius 2 is 1.90 bits per heavy atom. The van der Waals surface area contributed by atoms with E-state index in [1.807, 2.05) is 6.92 Å². The molecule has 0 aromatic heterocycles. The Labute approximate surface area is 180 Å². The fraction of sp³-hybridized carbons (Fsp3) is 0.263. The van der Waals surface area contributed by atoms with Crippen LogP contribution in [0.3, 0.4) is 0 Å². The van der Waals surface area contributed by atoms with E-state index in [4.69, 9.17) is 27.9 Å². The molecule has 2 aromatic carbocycles. The molecule has 156 valence electrons. The molecular weight excluding hydrogens is 437 g/mol. The highest BCUT2D eigenvalue weighted by Crippen LogP contribution is 2.24. The van der Waals surface area contributed by atoms with Crippen LogP contribution in [0.4, 0.5) is 5.69 Å². The summed E-state index contributed by atoms with van der Waals surface area (Å²) in [6, 6.07) is 10.2. The van der Waals surface area contributed by atoms with Crippen LogP contribution in [-0.2, 0) is 14.8 Å². The Morgan fingerprint density at radius 3 is 2.45 bits per heavy atom. The van der Waals surface area contributed by atoms with E-state index >= 15 is 0 Å². The summed E-state index contributed by atoms with van der Waals surface area (Å²) in [4.78, 5) is 12.5. The minimum absolute atomic E-state index is 0.336. The number of halogens is 2. The number of carbonyl (C=O) groups is 1. The number of hydrazone groups is 1. The average Bonchev–Trinajstić information content (AvgIpc) is 2.64. The highest BCUT2D eigenvalue weighted by Gasteiger charge is 2.29. The van der Waals surface area contributed by atoms with Crippen LogP contribution in [0.5, 0.6) is 5.75 Å². The van der Waals surface area contributed by atoms with Gasteiger partial charge in [0, 0.05) is 10.6 Å². The lowest BCUT2D eigenvalue weighted by Gasteiger charge is -2.27. The van der Waals surface area contributed by atoms with Gasteiger partial charge in [-0.3, -0.25) is 9.10 Å². The van der Waals surface area contributed by atoms with E-state index in [1.54, 1.807) is 42.5 Å². The van der Waals surface area contributed by atoms with Gasteiger partial charge in [0.15, 0.2) is 0 Å². The summed E-state index contributed by atoms with van der Waals surface area (Å²) in [5.41, 5.74) is 3.22. The molecule has 0 radical (unpaired) electrons. The number of ether oxygens (including phenoxy) is 1. The molecule has 0 heterocycles. The maximum absolute atomic E-state index is 12.5. The summed E-state index contributed by atoms with van der Waals surface area (Å²) in [6.07, 6.45) is 2.38. The van der Waals surface area contributed by atoms with E-state index in [0.717, 1.165) is 10.6 Å². The lowest BCUT2D eigenvalue weighted by molar-refractivity contribution is -0.121.